The van der Waals surface area contributed by atoms with Gasteiger partial charge in [-0.2, -0.15) is 4.31 Å². The molecule has 2 aromatic rings. The van der Waals surface area contributed by atoms with E-state index in [9.17, 15) is 17.6 Å². The van der Waals surface area contributed by atoms with E-state index in [4.69, 9.17) is 0 Å². The Morgan fingerprint density at radius 3 is 2.52 bits per heavy atom. The topological polar surface area (TPSA) is 69.7 Å². The molecular weight excluding hydrogens is 461 g/mol. The SMILES string of the molecule is Cc1cc(NC(=O)CN2CCCN(S(=O)(=O)c3ccc(F)cc3)CC2)ccc1Br. The van der Waals surface area contributed by atoms with Crippen LogP contribution in [0.25, 0.3) is 0 Å². The molecule has 1 N–H and O–H groups in total. The molecule has 2 aromatic carbocycles. The highest BCUT2D eigenvalue weighted by Crippen LogP contribution is 2.20. The molecule has 0 bridgehead atoms. The predicted molar refractivity (Wildman–Crippen MR) is 114 cm³/mol. The molecule has 0 aliphatic carbocycles. The number of benzene rings is 2. The molecule has 1 heterocycles. The summed E-state index contributed by atoms with van der Waals surface area (Å²) in [7, 11) is -3.68. The van der Waals surface area contributed by atoms with Crippen LogP contribution >= 0.6 is 15.9 Å². The van der Waals surface area contributed by atoms with Gasteiger partial charge >= 0.3 is 0 Å². The molecule has 3 rings (SSSR count). The van der Waals surface area contributed by atoms with E-state index in [0.717, 1.165) is 27.9 Å². The van der Waals surface area contributed by atoms with Crippen molar-refractivity contribution in [3.8, 4) is 0 Å². The summed E-state index contributed by atoms with van der Waals surface area (Å²) in [4.78, 5) is 14.4. The Labute approximate surface area is 178 Å². The van der Waals surface area contributed by atoms with Crippen molar-refractivity contribution in [3.63, 3.8) is 0 Å². The lowest BCUT2D eigenvalue weighted by Gasteiger charge is -2.21. The first-order valence-electron chi connectivity index (χ1n) is 9.30. The van der Waals surface area contributed by atoms with Crippen molar-refractivity contribution < 1.29 is 17.6 Å². The summed E-state index contributed by atoms with van der Waals surface area (Å²) in [6.07, 6.45) is 0.616. The lowest BCUT2D eigenvalue weighted by atomic mass is 10.2. The maximum absolute atomic E-state index is 13.1. The van der Waals surface area contributed by atoms with E-state index >= 15 is 0 Å². The molecule has 0 aromatic heterocycles. The van der Waals surface area contributed by atoms with Crippen LogP contribution in [0.15, 0.2) is 51.8 Å². The van der Waals surface area contributed by atoms with Gasteiger partial charge in [-0.3, -0.25) is 9.69 Å². The van der Waals surface area contributed by atoms with Gasteiger partial charge in [0.25, 0.3) is 0 Å². The monoisotopic (exact) mass is 483 g/mol. The van der Waals surface area contributed by atoms with Crippen LogP contribution in [0.2, 0.25) is 0 Å². The lowest BCUT2D eigenvalue weighted by molar-refractivity contribution is -0.117. The van der Waals surface area contributed by atoms with Gasteiger partial charge < -0.3 is 5.32 Å². The average Bonchev–Trinajstić information content (AvgIpc) is 2.91. The molecule has 0 radical (unpaired) electrons. The van der Waals surface area contributed by atoms with Crippen LogP contribution in [-0.4, -0.2) is 56.3 Å². The highest BCUT2D eigenvalue weighted by atomic mass is 79.9. The summed E-state index contributed by atoms with van der Waals surface area (Å²) in [5.74, 6) is -0.612. The molecule has 1 fully saturated rings. The molecule has 6 nitrogen and oxygen atoms in total. The summed E-state index contributed by atoms with van der Waals surface area (Å²) >= 11 is 3.43. The molecule has 29 heavy (non-hydrogen) atoms. The van der Waals surface area contributed by atoms with E-state index in [2.05, 4.69) is 21.2 Å². The van der Waals surface area contributed by atoms with Gasteiger partial charge in [0, 0.05) is 29.8 Å². The second-order valence-electron chi connectivity index (χ2n) is 7.00. The smallest absolute Gasteiger partial charge is 0.243 e. The number of amides is 1. The molecule has 0 spiro atoms. The maximum atomic E-state index is 13.1. The number of anilines is 1. The van der Waals surface area contributed by atoms with Gasteiger partial charge in [-0.05, 0) is 67.9 Å². The number of hydrogen-bond donors (Lipinski definition) is 1. The van der Waals surface area contributed by atoms with Crippen LogP contribution in [0, 0.1) is 12.7 Å². The van der Waals surface area contributed by atoms with Crippen molar-refractivity contribution in [2.24, 2.45) is 0 Å². The van der Waals surface area contributed by atoms with Crippen LogP contribution in [-0.2, 0) is 14.8 Å². The minimum atomic E-state index is -3.68. The molecule has 1 amide bonds. The van der Waals surface area contributed by atoms with Crippen LogP contribution in [0.3, 0.4) is 0 Å². The fourth-order valence-corrected chi connectivity index (χ4v) is 4.94. The van der Waals surface area contributed by atoms with E-state index < -0.39 is 15.8 Å². The van der Waals surface area contributed by atoms with Crippen molar-refractivity contribution in [2.45, 2.75) is 18.2 Å². The average molecular weight is 484 g/mol. The first kappa shape index (κ1) is 21.9. The second kappa shape index (κ2) is 9.34. The number of nitrogens with zero attached hydrogens (tertiary/aromatic N) is 2. The van der Waals surface area contributed by atoms with Gasteiger partial charge in [0.15, 0.2) is 0 Å². The predicted octanol–water partition coefficient (Wildman–Crippen LogP) is 3.23. The van der Waals surface area contributed by atoms with E-state index in [1.807, 2.05) is 30.0 Å². The number of sulfonamides is 1. The number of aryl methyl sites for hydroxylation is 1. The van der Waals surface area contributed by atoms with Crippen LogP contribution < -0.4 is 5.32 Å². The fraction of sp³-hybridized carbons (Fsp3) is 0.350. The Kier molecular flexibility index (Phi) is 7.05. The number of nitrogens with one attached hydrogen (secondary N) is 1. The third-order valence-electron chi connectivity index (χ3n) is 4.81. The molecule has 0 saturated carbocycles. The Bertz CT molecular complexity index is 983. The van der Waals surface area contributed by atoms with Crippen LogP contribution in [0.4, 0.5) is 10.1 Å². The zero-order chi connectivity index (χ0) is 21.0. The third-order valence-corrected chi connectivity index (χ3v) is 7.61. The van der Waals surface area contributed by atoms with E-state index in [-0.39, 0.29) is 23.9 Å². The molecule has 1 aliphatic rings. The highest BCUT2D eigenvalue weighted by molar-refractivity contribution is 9.10. The van der Waals surface area contributed by atoms with E-state index in [0.29, 0.717) is 26.1 Å². The largest absolute Gasteiger partial charge is 0.325 e. The zero-order valence-electron chi connectivity index (χ0n) is 16.1. The van der Waals surface area contributed by atoms with Crippen molar-refractivity contribution in [1.29, 1.82) is 0 Å². The van der Waals surface area contributed by atoms with Gasteiger partial charge in [0.2, 0.25) is 15.9 Å². The Morgan fingerprint density at radius 2 is 1.83 bits per heavy atom. The van der Waals surface area contributed by atoms with Gasteiger partial charge in [0.1, 0.15) is 5.82 Å². The maximum Gasteiger partial charge on any atom is 0.243 e. The quantitative estimate of drug-likeness (QED) is 0.708. The molecular formula is C20H23BrFN3O3S. The van der Waals surface area contributed by atoms with E-state index in [1.165, 1.54) is 16.4 Å². The lowest BCUT2D eigenvalue weighted by Crippen LogP contribution is -2.38. The zero-order valence-corrected chi connectivity index (χ0v) is 18.5. The molecule has 0 atom stereocenters. The third kappa shape index (κ3) is 5.63. The minimum Gasteiger partial charge on any atom is -0.325 e. The summed E-state index contributed by atoms with van der Waals surface area (Å²) < 4.78 is 41.0. The summed E-state index contributed by atoms with van der Waals surface area (Å²) in [5, 5.41) is 2.88. The van der Waals surface area contributed by atoms with Crippen molar-refractivity contribution in [3.05, 3.63) is 58.3 Å². The minimum absolute atomic E-state index is 0.0794. The number of carbonyl (C=O) groups is 1. The Morgan fingerprint density at radius 1 is 1.10 bits per heavy atom. The fourth-order valence-electron chi connectivity index (χ4n) is 3.23. The van der Waals surface area contributed by atoms with Crippen molar-refractivity contribution in [2.75, 3.05) is 38.0 Å². The molecule has 156 valence electrons. The second-order valence-corrected chi connectivity index (χ2v) is 9.79. The highest BCUT2D eigenvalue weighted by Gasteiger charge is 2.27. The standard InChI is InChI=1S/C20H23BrFN3O3S/c1-15-13-17(5-8-19(15)21)23-20(26)14-24-9-2-10-25(12-11-24)29(27,28)18-6-3-16(22)4-7-18/h3-8,13H,2,9-12,14H2,1H3,(H,23,26). The molecule has 1 aliphatic heterocycles. The number of halogens is 2. The van der Waals surface area contributed by atoms with Gasteiger partial charge in [-0.25, -0.2) is 12.8 Å². The molecule has 1 saturated heterocycles. The van der Waals surface area contributed by atoms with Gasteiger partial charge in [0.05, 0.1) is 11.4 Å². The van der Waals surface area contributed by atoms with E-state index in [1.54, 1.807) is 0 Å². The first-order chi connectivity index (χ1) is 13.8. The van der Waals surface area contributed by atoms with Crippen LogP contribution in [0.1, 0.15) is 12.0 Å². The van der Waals surface area contributed by atoms with Crippen molar-refractivity contribution in [1.82, 2.24) is 9.21 Å². The number of carbonyl (C=O) groups excluding carboxylic acids is 1. The Balaban J connectivity index is 1.58. The number of hydrogen-bond acceptors (Lipinski definition) is 4. The normalized spacial score (nSPS) is 16.4. The van der Waals surface area contributed by atoms with Crippen LogP contribution in [0.5, 0.6) is 0 Å². The van der Waals surface area contributed by atoms with Gasteiger partial charge in [-0.1, -0.05) is 15.9 Å². The van der Waals surface area contributed by atoms with Gasteiger partial charge in [-0.15, -0.1) is 0 Å². The summed E-state index contributed by atoms with van der Waals surface area (Å²) in [6.45, 7) is 3.87. The first-order valence-corrected chi connectivity index (χ1v) is 11.5. The molecule has 0 unspecified atom stereocenters. The van der Waals surface area contributed by atoms with Crippen molar-refractivity contribution >= 4 is 37.5 Å². The Hall–Kier alpha value is -1.81. The summed E-state index contributed by atoms with van der Waals surface area (Å²) in [6, 6.07) is 10.4. The summed E-state index contributed by atoms with van der Waals surface area (Å²) in [5.41, 5.74) is 1.75. The number of rotatable bonds is 5. The molecule has 9 heteroatoms.